The summed E-state index contributed by atoms with van der Waals surface area (Å²) >= 11 is 0. The monoisotopic (exact) mass is 433 g/mol. The zero-order chi connectivity index (χ0) is 22.8. The maximum Gasteiger partial charge on any atom is 0.321 e. The number of ether oxygens (including phenoxy) is 1. The highest BCUT2D eigenvalue weighted by Gasteiger charge is 2.47. The minimum absolute atomic E-state index is 0.230. The molecule has 1 aliphatic rings. The van der Waals surface area contributed by atoms with Gasteiger partial charge in [0, 0.05) is 6.54 Å². The Morgan fingerprint density at radius 2 is 1.81 bits per heavy atom. The molecule has 2 heterocycles. The van der Waals surface area contributed by atoms with Gasteiger partial charge in [0.2, 0.25) is 11.9 Å². The second kappa shape index (κ2) is 9.15. The van der Waals surface area contributed by atoms with Crippen LogP contribution in [0.25, 0.3) is 11.0 Å². The SMILES string of the molecule is CCOC(=O)[C@H]1C(=O)N(CCC(C)C)c2nc3ccccc3n2[C@@H]1c1ccc(CC)cc1. The normalized spacial score (nSPS) is 18.3. The van der Waals surface area contributed by atoms with E-state index in [1.54, 1.807) is 11.8 Å². The molecule has 2 atom stereocenters. The molecule has 1 aromatic heterocycles. The van der Waals surface area contributed by atoms with Crippen LogP contribution in [0.15, 0.2) is 48.5 Å². The molecule has 1 amide bonds. The van der Waals surface area contributed by atoms with E-state index in [9.17, 15) is 9.59 Å². The molecule has 0 saturated heterocycles. The maximum atomic E-state index is 13.8. The number of carbonyl (C=O) groups is 2. The molecule has 0 unspecified atom stereocenters. The summed E-state index contributed by atoms with van der Waals surface area (Å²) in [5, 5.41) is 0. The van der Waals surface area contributed by atoms with Crippen LogP contribution >= 0.6 is 0 Å². The summed E-state index contributed by atoms with van der Waals surface area (Å²) in [4.78, 5) is 33.4. The summed E-state index contributed by atoms with van der Waals surface area (Å²) < 4.78 is 7.46. The number of hydrogen-bond acceptors (Lipinski definition) is 4. The van der Waals surface area contributed by atoms with Gasteiger partial charge in [-0.05, 0) is 48.9 Å². The Balaban J connectivity index is 1.94. The quantitative estimate of drug-likeness (QED) is 0.398. The summed E-state index contributed by atoms with van der Waals surface area (Å²) in [5.41, 5.74) is 3.83. The van der Waals surface area contributed by atoms with Crippen LogP contribution in [-0.2, 0) is 20.7 Å². The van der Waals surface area contributed by atoms with Gasteiger partial charge in [-0.15, -0.1) is 0 Å². The summed E-state index contributed by atoms with van der Waals surface area (Å²) in [7, 11) is 0. The van der Waals surface area contributed by atoms with Crippen molar-refractivity contribution in [3.8, 4) is 0 Å². The minimum Gasteiger partial charge on any atom is -0.465 e. The fourth-order valence-corrected chi connectivity index (χ4v) is 4.40. The number of aromatic nitrogens is 2. The highest BCUT2D eigenvalue weighted by atomic mass is 16.5. The lowest BCUT2D eigenvalue weighted by atomic mass is 9.88. The number of amides is 1. The zero-order valence-electron chi connectivity index (χ0n) is 19.2. The lowest BCUT2D eigenvalue weighted by Gasteiger charge is -2.38. The highest BCUT2D eigenvalue weighted by molar-refractivity contribution is 6.08. The zero-order valence-corrected chi connectivity index (χ0v) is 19.2. The predicted octanol–water partition coefficient (Wildman–Crippen LogP) is 4.76. The first-order chi connectivity index (χ1) is 15.5. The molecule has 6 heteroatoms. The molecule has 0 aliphatic carbocycles. The van der Waals surface area contributed by atoms with Crippen molar-refractivity contribution < 1.29 is 14.3 Å². The number of para-hydroxylation sites is 2. The fourth-order valence-electron chi connectivity index (χ4n) is 4.40. The van der Waals surface area contributed by atoms with Crippen molar-refractivity contribution in [1.29, 1.82) is 0 Å². The molecule has 2 aromatic carbocycles. The summed E-state index contributed by atoms with van der Waals surface area (Å²) in [6.45, 7) is 8.86. The third-order valence-electron chi connectivity index (χ3n) is 6.14. The molecule has 4 rings (SSSR count). The third kappa shape index (κ3) is 3.90. The Bertz CT molecular complexity index is 1120. The van der Waals surface area contributed by atoms with Crippen LogP contribution in [0.1, 0.15) is 51.3 Å². The molecule has 32 heavy (non-hydrogen) atoms. The number of imidazole rings is 1. The number of anilines is 1. The summed E-state index contributed by atoms with van der Waals surface area (Å²) in [5.74, 6) is -0.667. The largest absolute Gasteiger partial charge is 0.465 e. The first-order valence-electron chi connectivity index (χ1n) is 11.5. The van der Waals surface area contributed by atoms with Crippen LogP contribution < -0.4 is 4.90 Å². The van der Waals surface area contributed by atoms with Gasteiger partial charge in [0.05, 0.1) is 23.7 Å². The Labute approximate surface area is 189 Å². The molecular formula is C26H31N3O3. The van der Waals surface area contributed by atoms with Crippen molar-refractivity contribution in [2.75, 3.05) is 18.1 Å². The van der Waals surface area contributed by atoms with Gasteiger partial charge >= 0.3 is 5.97 Å². The minimum atomic E-state index is -0.959. The number of esters is 1. The highest BCUT2D eigenvalue weighted by Crippen LogP contribution is 2.41. The summed E-state index contributed by atoms with van der Waals surface area (Å²) in [6.07, 6.45) is 1.74. The van der Waals surface area contributed by atoms with Crippen LogP contribution in [0.3, 0.4) is 0 Å². The second-order valence-corrected chi connectivity index (χ2v) is 8.71. The number of carbonyl (C=O) groups excluding carboxylic acids is 2. The van der Waals surface area contributed by atoms with E-state index in [0.717, 1.165) is 29.4 Å². The molecular weight excluding hydrogens is 402 g/mol. The first-order valence-corrected chi connectivity index (χ1v) is 11.5. The number of benzene rings is 2. The van der Waals surface area contributed by atoms with Gasteiger partial charge in [-0.1, -0.05) is 57.2 Å². The lowest BCUT2D eigenvalue weighted by molar-refractivity contribution is -0.153. The molecule has 6 nitrogen and oxygen atoms in total. The first kappa shape index (κ1) is 22.1. The van der Waals surface area contributed by atoms with Gasteiger partial charge in [0.15, 0.2) is 5.92 Å². The van der Waals surface area contributed by atoms with E-state index in [4.69, 9.17) is 9.72 Å². The van der Waals surface area contributed by atoms with E-state index >= 15 is 0 Å². The number of hydrogen-bond donors (Lipinski definition) is 0. The van der Waals surface area contributed by atoms with Crippen LogP contribution in [0.5, 0.6) is 0 Å². The number of aryl methyl sites for hydroxylation is 1. The predicted molar refractivity (Wildman–Crippen MR) is 126 cm³/mol. The van der Waals surface area contributed by atoms with E-state index in [-0.39, 0.29) is 12.5 Å². The van der Waals surface area contributed by atoms with Crippen molar-refractivity contribution >= 4 is 28.9 Å². The smallest absolute Gasteiger partial charge is 0.321 e. The van der Waals surface area contributed by atoms with Gasteiger partial charge in [0.1, 0.15) is 0 Å². The third-order valence-corrected chi connectivity index (χ3v) is 6.14. The van der Waals surface area contributed by atoms with Crippen molar-refractivity contribution in [2.24, 2.45) is 11.8 Å². The number of nitrogens with zero attached hydrogens (tertiary/aromatic N) is 3. The van der Waals surface area contributed by atoms with E-state index in [1.807, 2.05) is 36.4 Å². The van der Waals surface area contributed by atoms with Crippen molar-refractivity contribution in [3.05, 3.63) is 59.7 Å². The Hall–Kier alpha value is -3.15. The standard InChI is InChI=1S/C26H31N3O3/c1-5-18-11-13-19(14-12-18)23-22(25(31)32-6-2)24(30)28(16-15-17(3)4)26-27-20-9-7-8-10-21(20)29(23)26/h7-14,17,22-23H,5-6,15-16H2,1-4H3/t22-,23-/m1/s1. The average Bonchev–Trinajstić information content (AvgIpc) is 3.17. The lowest BCUT2D eigenvalue weighted by Crippen LogP contribution is -2.50. The van der Waals surface area contributed by atoms with Gasteiger partial charge in [0.25, 0.3) is 0 Å². The molecule has 0 spiro atoms. The molecule has 168 valence electrons. The molecule has 0 saturated carbocycles. The molecule has 0 fully saturated rings. The van der Waals surface area contributed by atoms with Crippen molar-refractivity contribution in [2.45, 2.75) is 46.6 Å². The van der Waals surface area contributed by atoms with Gasteiger partial charge in [-0.25, -0.2) is 4.98 Å². The van der Waals surface area contributed by atoms with Gasteiger partial charge in [-0.2, -0.15) is 0 Å². The van der Waals surface area contributed by atoms with Crippen molar-refractivity contribution in [3.63, 3.8) is 0 Å². The molecule has 0 bridgehead atoms. The van der Waals surface area contributed by atoms with E-state index < -0.39 is 17.9 Å². The molecule has 3 aromatic rings. The average molecular weight is 434 g/mol. The van der Waals surface area contributed by atoms with Crippen LogP contribution in [0, 0.1) is 11.8 Å². The summed E-state index contributed by atoms with van der Waals surface area (Å²) in [6, 6.07) is 15.5. The Kier molecular flexibility index (Phi) is 6.31. The molecule has 1 aliphatic heterocycles. The van der Waals surface area contributed by atoms with E-state index in [2.05, 4.69) is 37.5 Å². The van der Waals surface area contributed by atoms with Gasteiger partial charge in [-0.3, -0.25) is 14.5 Å². The fraction of sp³-hybridized carbons (Fsp3) is 0.423. The Morgan fingerprint density at radius 1 is 1.09 bits per heavy atom. The van der Waals surface area contributed by atoms with Crippen molar-refractivity contribution in [1.82, 2.24) is 9.55 Å². The number of fused-ring (bicyclic) bond motifs is 3. The van der Waals surface area contributed by atoms with Gasteiger partial charge < -0.3 is 9.30 Å². The van der Waals surface area contributed by atoms with Crippen LogP contribution in [0.2, 0.25) is 0 Å². The topological polar surface area (TPSA) is 64.4 Å². The molecule has 0 N–H and O–H groups in total. The van der Waals surface area contributed by atoms with E-state index in [0.29, 0.717) is 18.4 Å². The number of rotatable bonds is 7. The van der Waals surface area contributed by atoms with E-state index in [1.165, 1.54) is 5.56 Å². The van der Waals surface area contributed by atoms with Crippen LogP contribution in [0.4, 0.5) is 5.95 Å². The Morgan fingerprint density at radius 3 is 2.47 bits per heavy atom. The molecule has 0 radical (unpaired) electrons. The van der Waals surface area contributed by atoms with Crippen LogP contribution in [-0.4, -0.2) is 34.6 Å². The second-order valence-electron chi connectivity index (χ2n) is 8.71. The maximum absolute atomic E-state index is 13.8.